The van der Waals surface area contributed by atoms with Crippen molar-refractivity contribution in [2.45, 2.75) is 51.1 Å². The van der Waals surface area contributed by atoms with E-state index in [1.54, 1.807) is 6.07 Å². The second-order valence-electron chi connectivity index (χ2n) is 5.11. The number of fused-ring (bicyclic) bond motifs is 1. The number of rotatable bonds is 3. The van der Waals surface area contributed by atoms with E-state index in [1.807, 2.05) is 6.92 Å². The van der Waals surface area contributed by atoms with E-state index in [1.165, 1.54) is 0 Å². The molecular formula is C14H19N3O3. The lowest BCUT2D eigenvalue weighted by molar-refractivity contribution is -0.139. The van der Waals surface area contributed by atoms with E-state index in [0.717, 1.165) is 25.7 Å². The fourth-order valence-electron chi connectivity index (χ4n) is 2.62. The molecule has 0 radical (unpaired) electrons. The first-order chi connectivity index (χ1) is 9.67. The first-order valence-corrected chi connectivity index (χ1v) is 7.06. The number of piperazine rings is 1. The van der Waals surface area contributed by atoms with Crippen molar-refractivity contribution in [1.29, 1.82) is 5.26 Å². The van der Waals surface area contributed by atoms with Crippen molar-refractivity contribution in [3.63, 3.8) is 0 Å². The van der Waals surface area contributed by atoms with Crippen LogP contribution in [0, 0.1) is 11.3 Å². The van der Waals surface area contributed by atoms with Gasteiger partial charge in [0.15, 0.2) is 5.57 Å². The Kier molecular flexibility index (Phi) is 4.61. The summed E-state index contributed by atoms with van der Waals surface area (Å²) in [5.41, 5.74) is -0.184. The maximum absolute atomic E-state index is 12.0. The van der Waals surface area contributed by atoms with Crippen LogP contribution in [-0.2, 0) is 14.3 Å². The average Bonchev–Trinajstić information content (AvgIpc) is 2.46. The maximum atomic E-state index is 12.0. The third kappa shape index (κ3) is 2.93. The number of carbonyl (C=O) groups excluding carboxylic acids is 2. The van der Waals surface area contributed by atoms with Gasteiger partial charge in [0.1, 0.15) is 11.8 Å². The standard InChI is InChI=1S/C14H19N3O3/c1-2-7-20-14(19)9(8-15)12-13(18)17-11-6-4-3-5-10(11)16-12/h10-11,16H,2-7H2,1H3,(H,17,18)/b12-9-/t10-,11-/m1/s1. The van der Waals surface area contributed by atoms with Crippen molar-refractivity contribution in [1.82, 2.24) is 10.6 Å². The Morgan fingerprint density at radius 1 is 1.35 bits per heavy atom. The molecule has 1 saturated carbocycles. The summed E-state index contributed by atoms with van der Waals surface area (Å²) < 4.78 is 4.94. The summed E-state index contributed by atoms with van der Waals surface area (Å²) in [7, 11) is 0. The Balaban J connectivity index is 2.19. The van der Waals surface area contributed by atoms with Crippen molar-refractivity contribution >= 4 is 11.9 Å². The van der Waals surface area contributed by atoms with Gasteiger partial charge in [0.2, 0.25) is 0 Å². The van der Waals surface area contributed by atoms with Gasteiger partial charge in [-0.3, -0.25) is 4.79 Å². The van der Waals surface area contributed by atoms with E-state index >= 15 is 0 Å². The molecule has 0 unspecified atom stereocenters. The van der Waals surface area contributed by atoms with Crippen LogP contribution in [0.25, 0.3) is 0 Å². The summed E-state index contributed by atoms with van der Waals surface area (Å²) in [5.74, 6) is -1.13. The normalized spacial score (nSPS) is 27.5. The summed E-state index contributed by atoms with van der Waals surface area (Å²) >= 11 is 0. The number of nitriles is 1. The van der Waals surface area contributed by atoms with Gasteiger partial charge >= 0.3 is 5.97 Å². The predicted molar refractivity (Wildman–Crippen MR) is 71.2 cm³/mol. The topological polar surface area (TPSA) is 91.2 Å². The summed E-state index contributed by atoms with van der Waals surface area (Å²) in [4.78, 5) is 23.9. The van der Waals surface area contributed by atoms with Gasteiger partial charge in [-0.2, -0.15) is 5.26 Å². The first-order valence-electron chi connectivity index (χ1n) is 7.06. The highest BCUT2D eigenvalue weighted by atomic mass is 16.5. The van der Waals surface area contributed by atoms with Crippen LogP contribution in [0.15, 0.2) is 11.3 Å². The molecule has 2 aliphatic rings. The average molecular weight is 277 g/mol. The molecule has 0 aromatic carbocycles. The fraction of sp³-hybridized carbons (Fsp3) is 0.643. The lowest BCUT2D eigenvalue weighted by Gasteiger charge is -2.38. The van der Waals surface area contributed by atoms with Crippen LogP contribution in [0.4, 0.5) is 0 Å². The van der Waals surface area contributed by atoms with Gasteiger partial charge in [0.05, 0.1) is 6.61 Å². The smallest absolute Gasteiger partial charge is 0.351 e. The number of amides is 1. The number of ether oxygens (including phenoxy) is 1. The lowest BCUT2D eigenvalue weighted by atomic mass is 9.88. The number of esters is 1. The van der Waals surface area contributed by atoms with Crippen LogP contribution < -0.4 is 10.6 Å². The number of carbonyl (C=O) groups is 2. The molecule has 2 fully saturated rings. The molecule has 1 aliphatic heterocycles. The maximum Gasteiger partial charge on any atom is 0.351 e. The third-order valence-electron chi connectivity index (χ3n) is 3.64. The third-order valence-corrected chi connectivity index (χ3v) is 3.64. The molecule has 2 N–H and O–H groups in total. The Hall–Kier alpha value is -2.03. The van der Waals surface area contributed by atoms with E-state index < -0.39 is 11.9 Å². The summed E-state index contributed by atoms with van der Waals surface area (Å²) in [6, 6.07) is 1.97. The van der Waals surface area contributed by atoms with Crippen molar-refractivity contribution < 1.29 is 14.3 Å². The molecule has 0 aromatic rings. The number of nitrogens with one attached hydrogen (secondary N) is 2. The van der Waals surface area contributed by atoms with Crippen molar-refractivity contribution in [3.05, 3.63) is 11.3 Å². The SMILES string of the molecule is CCCOC(=O)/C(C#N)=C1\N[C@@H]2CCCC[C@H]2NC1=O. The Labute approximate surface area is 118 Å². The molecule has 2 atom stereocenters. The minimum atomic E-state index is -0.735. The predicted octanol–water partition coefficient (Wildman–Crippen LogP) is 0.748. The molecular weight excluding hydrogens is 258 g/mol. The summed E-state index contributed by atoms with van der Waals surface area (Å²) in [6.45, 7) is 2.11. The highest BCUT2D eigenvalue weighted by Crippen LogP contribution is 2.23. The zero-order chi connectivity index (χ0) is 14.5. The van der Waals surface area contributed by atoms with Gasteiger partial charge < -0.3 is 15.4 Å². The zero-order valence-corrected chi connectivity index (χ0v) is 11.6. The highest BCUT2D eigenvalue weighted by Gasteiger charge is 2.36. The van der Waals surface area contributed by atoms with Crippen molar-refractivity contribution in [2.75, 3.05) is 6.61 Å². The molecule has 108 valence electrons. The molecule has 1 heterocycles. The Morgan fingerprint density at radius 3 is 2.60 bits per heavy atom. The number of hydrogen-bond donors (Lipinski definition) is 2. The first kappa shape index (κ1) is 14.4. The van der Waals surface area contributed by atoms with Gasteiger partial charge in [0.25, 0.3) is 5.91 Å². The van der Waals surface area contributed by atoms with Crippen LogP contribution in [0.1, 0.15) is 39.0 Å². The molecule has 0 aromatic heterocycles. The van der Waals surface area contributed by atoms with E-state index in [4.69, 9.17) is 10.00 Å². The molecule has 1 amide bonds. The van der Waals surface area contributed by atoms with Gasteiger partial charge in [-0.25, -0.2) is 4.79 Å². The van der Waals surface area contributed by atoms with Gasteiger partial charge in [-0.1, -0.05) is 19.8 Å². The molecule has 20 heavy (non-hydrogen) atoms. The molecule has 6 nitrogen and oxygen atoms in total. The molecule has 1 aliphatic carbocycles. The minimum absolute atomic E-state index is 0.0525. The minimum Gasteiger partial charge on any atom is -0.462 e. The highest BCUT2D eigenvalue weighted by molar-refractivity contribution is 6.05. The molecule has 1 saturated heterocycles. The van der Waals surface area contributed by atoms with Gasteiger partial charge in [0, 0.05) is 12.1 Å². The second kappa shape index (κ2) is 6.42. The zero-order valence-electron chi connectivity index (χ0n) is 11.6. The largest absolute Gasteiger partial charge is 0.462 e. The van der Waals surface area contributed by atoms with Gasteiger partial charge in [-0.15, -0.1) is 0 Å². The molecule has 0 spiro atoms. The Bertz CT molecular complexity index is 479. The van der Waals surface area contributed by atoms with E-state index in [9.17, 15) is 9.59 Å². The van der Waals surface area contributed by atoms with Crippen LogP contribution >= 0.6 is 0 Å². The number of nitrogens with zero attached hydrogens (tertiary/aromatic N) is 1. The van der Waals surface area contributed by atoms with E-state index in [0.29, 0.717) is 6.42 Å². The molecule has 2 rings (SSSR count). The van der Waals surface area contributed by atoms with Crippen LogP contribution in [-0.4, -0.2) is 30.6 Å². The molecule has 0 bridgehead atoms. The molecule has 6 heteroatoms. The Morgan fingerprint density at radius 2 is 2.00 bits per heavy atom. The van der Waals surface area contributed by atoms with Crippen LogP contribution in [0.5, 0.6) is 0 Å². The summed E-state index contributed by atoms with van der Waals surface area (Å²) in [5, 5.41) is 15.1. The van der Waals surface area contributed by atoms with E-state index in [2.05, 4.69) is 10.6 Å². The monoisotopic (exact) mass is 277 g/mol. The quantitative estimate of drug-likeness (QED) is 0.451. The van der Waals surface area contributed by atoms with Crippen molar-refractivity contribution in [2.24, 2.45) is 0 Å². The fourth-order valence-corrected chi connectivity index (χ4v) is 2.62. The van der Waals surface area contributed by atoms with Crippen molar-refractivity contribution in [3.8, 4) is 6.07 Å². The second-order valence-corrected chi connectivity index (χ2v) is 5.11. The van der Waals surface area contributed by atoms with Crippen LogP contribution in [0.3, 0.4) is 0 Å². The van der Waals surface area contributed by atoms with E-state index in [-0.39, 0.29) is 30.0 Å². The summed E-state index contributed by atoms with van der Waals surface area (Å²) in [6.07, 6.45) is 4.70. The van der Waals surface area contributed by atoms with Gasteiger partial charge in [-0.05, 0) is 19.3 Å². The lowest BCUT2D eigenvalue weighted by Crippen LogP contribution is -2.59. The number of hydrogen-bond acceptors (Lipinski definition) is 5. The van der Waals surface area contributed by atoms with Crippen LogP contribution in [0.2, 0.25) is 0 Å².